The third-order valence-corrected chi connectivity index (χ3v) is 3.47. The van der Waals surface area contributed by atoms with Gasteiger partial charge in [-0.3, -0.25) is 0 Å². The van der Waals surface area contributed by atoms with Gasteiger partial charge in [-0.25, -0.2) is 0 Å². The molecule has 1 heterocycles. The summed E-state index contributed by atoms with van der Waals surface area (Å²) in [4.78, 5) is 0. The Labute approximate surface area is 115 Å². The van der Waals surface area contributed by atoms with Gasteiger partial charge in [0, 0.05) is 6.42 Å². The molecule has 102 valence electrons. The predicted molar refractivity (Wildman–Crippen MR) is 79.4 cm³/mol. The molecule has 1 unspecified atom stereocenters. The van der Waals surface area contributed by atoms with E-state index in [-0.39, 0.29) is 6.04 Å². The number of aryl methyl sites for hydroxylation is 2. The highest BCUT2D eigenvalue weighted by Gasteiger charge is 2.18. The average molecular weight is 257 g/mol. The molecule has 0 amide bonds. The molecule has 2 aromatic rings. The number of furan rings is 1. The maximum atomic E-state index is 5.94. The van der Waals surface area contributed by atoms with Gasteiger partial charge in [0.25, 0.3) is 0 Å². The van der Waals surface area contributed by atoms with Gasteiger partial charge >= 0.3 is 0 Å². The average Bonchev–Trinajstić information content (AvgIpc) is 2.93. The van der Waals surface area contributed by atoms with Gasteiger partial charge in [0.05, 0.1) is 6.04 Å². The molecule has 0 saturated carbocycles. The highest BCUT2D eigenvalue weighted by atomic mass is 16.3. The van der Waals surface area contributed by atoms with Crippen molar-refractivity contribution in [3.05, 3.63) is 59.0 Å². The van der Waals surface area contributed by atoms with Crippen LogP contribution in [0.5, 0.6) is 0 Å². The van der Waals surface area contributed by atoms with Crippen molar-refractivity contribution in [1.82, 2.24) is 5.32 Å². The molecular weight excluding hydrogens is 234 g/mol. The van der Waals surface area contributed by atoms with E-state index in [9.17, 15) is 0 Å². The molecule has 0 aliphatic carbocycles. The second kappa shape index (κ2) is 6.58. The summed E-state index contributed by atoms with van der Waals surface area (Å²) in [6, 6.07) is 12.9. The van der Waals surface area contributed by atoms with Crippen molar-refractivity contribution >= 4 is 0 Å². The molecular formula is C17H23NO. The number of benzene rings is 1. The highest BCUT2D eigenvalue weighted by Crippen LogP contribution is 2.27. The van der Waals surface area contributed by atoms with Crippen molar-refractivity contribution in [1.29, 1.82) is 0 Å². The molecule has 1 aromatic heterocycles. The molecule has 1 atom stereocenters. The molecule has 0 bridgehead atoms. The first kappa shape index (κ1) is 13.9. The Bertz CT molecular complexity index is 515. The van der Waals surface area contributed by atoms with Crippen LogP contribution in [0.2, 0.25) is 0 Å². The van der Waals surface area contributed by atoms with Gasteiger partial charge in [-0.2, -0.15) is 0 Å². The Kier molecular flexibility index (Phi) is 4.80. The predicted octanol–water partition coefficient (Wildman–Crippen LogP) is 4.10. The SMILES string of the molecule is CCNC(c1ccc(CC)o1)c1ccccc1CC. The van der Waals surface area contributed by atoms with E-state index in [0.29, 0.717) is 0 Å². The molecule has 2 nitrogen and oxygen atoms in total. The summed E-state index contributed by atoms with van der Waals surface area (Å²) in [5, 5.41) is 3.53. The van der Waals surface area contributed by atoms with Crippen LogP contribution in [0, 0.1) is 0 Å². The van der Waals surface area contributed by atoms with Crippen LogP contribution in [0.3, 0.4) is 0 Å². The Morgan fingerprint density at radius 2 is 1.79 bits per heavy atom. The second-order valence-electron chi connectivity index (χ2n) is 4.70. The lowest BCUT2D eigenvalue weighted by molar-refractivity contribution is 0.425. The molecule has 0 aliphatic rings. The van der Waals surface area contributed by atoms with Gasteiger partial charge in [-0.15, -0.1) is 0 Å². The van der Waals surface area contributed by atoms with Gasteiger partial charge in [0.15, 0.2) is 0 Å². The number of hydrogen-bond acceptors (Lipinski definition) is 2. The summed E-state index contributed by atoms with van der Waals surface area (Å²) in [6.45, 7) is 7.36. The summed E-state index contributed by atoms with van der Waals surface area (Å²) in [6.07, 6.45) is 1.98. The van der Waals surface area contributed by atoms with Crippen LogP contribution in [-0.4, -0.2) is 6.54 Å². The summed E-state index contributed by atoms with van der Waals surface area (Å²) >= 11 is 0. The molecule has 19 heavy (non-hydrogen) atoms. The lowest BCUT2D eigenvalue weighted by atomic mass is 9.97. The van der Waals surface area contributed by atoms with Crippen LogP contribution < -0.4 is 5.32 Å². The molecule has 0 fully saturated rings. The van der Waals surface area contributed by atoms with Gasteiger partial charge < -0.3 is 9.73 Å². The van der Waals surface area contributed by atoms with Crippen LogP contribution >= 0.6 is 0 Å². The van der Waals surface area contributed by atoms with E-state index >= 15 is 0 Å². The smallest absolute Gasteiger partial charge is 0.125 e. The monoisotopic (exact) mass is 257 g/mol. The van der Waals surface area contributed by atoms with Gasteiger partial charge in [0.2, 0.25) is 0 Å². The maximum Gasteiger partial charge on any atom is 0.125 e. The van der Waals surface area contributed by atoms with Crippen LogP contribution in [0.25, 0.3) is 0 Å². The third kappa shape index (κ3) is 3.07. The lowest BCUT2D eigenvalue weighted by Gasteiger charge is -2.19. The Hall–Kier alpha value is -1.54. The number of hydrogen-bond donors (Lipinski definition) is 1. The fraction of sp³-hybridized carbons (Fsp3) is 0.412. The van der Waals surface area contributed by atoms with E-state index in [1.54, 1.807) is 0 Å². The van der Waals surface area contributed by atoms with E-state index in [1.165, 1.54) is 11.1 Å². The Balaban J connectivity index is 2.38. The normalized spacial score (nSPS) is 12.6. The van der Waals surface area contributed by atoms with Gasteiger partial charge in [-0.1, -0.05) is 45.0 Å². The first-order valence-corrected chi connectivity index (χ1v) is 7.19. The van der Waals surface area contributed by atoms with Crippen molar-refractivity contribution in [2.24, 2.45) is 0 Å². The third-order valence-electron chi connectivity index (χ3n) is 3.47. The van der Waals surface area contributed by atoms with E-state index < -0.39 is 0 Å². The molecule has 2 rings (SSSR count). The van der Waals surface area contributed by atoms with Crippen molar-refractivity contribution in [3.63, 3.8) is 0 Å². The second-order valence-corrected chi connectivity index (χ2v) is 4.70. The van der Waals surface area contributed by atoms with Crippen molar-refractivity contribution in [3.8, 4) is 0 Å². The van der Waals surface area contributed by atoms with Crippen LogP contribution in [0.15, 0.2) is 40.8 Å². The Morgan fingerprint density at radius 1 is 1.00 bits per heavy atom. The van der Waals surface area contributed by atoms with E-state index in [1.807, 2.05) is 0 Å². The largest absolute Gasteiger partial charge is 0.464 e. The van der Waals surface area contributed by atoms with Gasteiger partial charge in [0.1, 0.15) is 11.5 Å². The minimum absolute atomic E-state index is 0.154. The zero-order chi connectivity index (χ0) is 13.7. The van der Waals surface area contributed by atoms with E-state index in [2.05, 4.69) is 62.5 Å². The topological polar surface area (TPSA) is 25.2 Å². The van der Waals surface area contributed by atoms with Crippen molar-refractivity contribution in [2.75, 3.05) is 6.54 Å². The van der Waals surface area contributed by atoms with E-state index in [4.69, 9.17) is 4.42 Å². The van der Waals surface area contributed by atoms with Crippen molar-refractivity contribution in [2.45, 2.75) is 39.7 Å². The fourth-order valence-electron chi connectivity index (χ4n) is 2.45. The molecule has 1 N–H and O–H groups in total. The zero-order valence-electron chi connectivity index (χ0n) is 12.1. The molecule has 1 aromatic carbocycles. The Morgan fingerprint density at radius 3 is 2.42 bits per heavy atom. The summed E-state index contributed by atoms with van der Waals surface area (Å²) in [7, 11) is 0. The van der Waals surface area contributed by atoms with Crippen molar-refractivity contribution < 1.29 is 4.42 Å². The minimum Gasteiger partial charge on any atom is -0.464 e. The summed E-state index contributed by atoms with van der Waals surface area (Å²) in [5.41, 5.74) is 2.70. The molecule has 2 heteroatoms. The molecule has 0 radical (unpaired) electrons. The first-order chi connectivity index (χ1) is 9.30. The summed E-state index contributed by atoms with van der Waals surface area (Å²) < 4.78 is 5.94. The van der Waals surface area contributed by atoms with Crippen LogP contribution in [0.4, 0.5) is 0 Å². The fourth-order valence-corrected chi connectivity index (χ4v) is 2.45. The van der Waals surface area contributed by atoms with E-state index in [0.717, 1.165) is 30.9 Å². The highest BCUT2D eigenvalue weighted by molar-refractivity contribution is 5.35. The number of nitrogens with one attached hydrogen (secondary N) is 1. The summed E-state index contributed by atoms with van der Waals surface area (Å²) in [5.74, 6) is 2.06. The minimum atomic E-state index is 0.154. The molecule has 0 saturated heterocycles. The molecule has 0 aliphatic heterocycles. The van der Waals surface area contributed by atoms with Crippen LogP contribution in [0.1, 0.15) is 49.5 Å². The first-order valence-electron chi connectivity index (χ1n) is 7.19. The van der Waals surface area contributed by atoms with Gasteiger partial charge in [-0.05, 0) is 36.2 Å². The zero-order valence-corrected chi connectivity index (χ0v) is 12.1. The number of rotatable bonds is 6. The maximum absolute atomic E-state index is 5.94. The lowest BCUT2D eigenvalue weighted by Crippen LogP contribution is -2.22. The standard InChI is InChI=1S/C17H23NO/c1-4-13-9-7-8-10-15(13)17(18-6-3)16-12-11-14(5-2)19-16/h7-12,17-18H,4-6H2,1-3H3. The van der Waals surface area contributed by atoms with Crippen LogP contribution in [-0.2, 0) is 12.8 Å². The molecule has 0 spiro atoms. The quantitative estimate of drug-likeness (QED) is 0.842.